The standard InChI is InChI=1S/C21H21FN4O2S2/c1-13-11-23-21(30-13)25-19(28)17-12-29-20(24-17)15-6-8-26(9-7-15)18(27)10-14-2-4-16(22)5-3-14/h2-5,11-12,15H,6-10H2,1H3,(H,23,25,28). The highest BCUT2D eigenvalue weighted by molar-refractivity contribution is 7.15. The molecular formula is C21H21FN4O2S2. The van der Waals surface area contributed by atoms with Gasteiger partial charge in [-0.25, -0.2) is 14.4 Å². The molecule has 2 aromatic heterocycles. The van der Waals surface area contributed by atoms with E-state index in [4.69, 9.17) is 0 Å². The molecule has 1 aliphatic rings. The third-order valence-corrected chi connectivity index (χ3v) is 6.90. The molecule has 0 spiro atoms. The number of piperidine rings is 1. The van der Waals surface area contributed by atoms with Crippen molar-refractivity contribution in [3.8, 4) is 0 Å². The Morgan fingerprint density at radius 2 is 1.97 bits per heavy atom. The molecule has 1 N–H and O–H groups in total. The van der Waals surface area contributed by atoms with Gasteiger partial charge in [0, 0.05) is 35.5 Å². The van der Waals surface area contributed by atoms with Crippen molar-refractivity contribution in [2.24, 2.45) is 0 Å². The number of anilines is 1. The van der Waals surface area contributed by atoms with Crippen LogP contribution in [0.15, 0.2) is 35.8 Å². The molecule has 156 valence electrons. The maximum absolute atomic E-state index is 13.0. The molecule has 1 saturated heterocycles. The van der Waals surface area contributed by atoms with E-state index >= 15 is 0 Å². The molecule has 3 aromatic rings. The van der Waals surface area contributed by atoms with Crippen LogP contribution >= 0.6 is 22.7 Å². The number of carbonyl (C=O) groups excluding carboxylic acids is 2. The van der Waals surface area contributed by atoms with Crippen LogP contribution in [0.3, 0.4) is 0 Å². The highest BCUT2D eigenvalue weighted by atomic mass is 32.1. The first-order chi connectivity index (χ1) is 14.5. The Morgan fingerprint density at radius 3 is 2.63 bits per heavy atom. The number of rotatable bonds is 5. The summed E-state index contributed by atoms with van der Waals surface area (Å²) < 4.78 is 13.0. The number of hydrogen-bond donors (Lipinski definition) is 1. The summed E-state index contributed by atoms with van der Waals surface area (Å²) >= 11 is 2.91. The van der Waals surface area contributed by atoms with Gasteiger partial charge in [-0.15, -0.1) is 22.7 Å². The average molecular weight is 445 g/mol. The third-order valence-electron chi connectivity index (χ3n) is 5.06. The zero-order chi connectivity index (χ0) is 21.1. The van der Waals surface area contributed by atoms with Gasteiger partial charge in [0.2, 0.25) is 5.91 Å². The molecule has 1 aliphatic heterocycles. The Balaban J connectivity index is 1.30. The summed E-state index contributed by atoms with van der Waals surface area (Å²) in [5.41, 5.74) is 1.21. The normalized spacial score (nSPS) is 14.7. The summed E-state index contributed by atoms with van der Waals surface area (Å²) in [4.78, 5) is 36.5. The molecule has 0 bridgehead atoms. The monoisotopic (exact) mass is 444 g/mol. The summed E-state index contributed by atoms with van der Waals surface area (Å²) in [5.74, 6) is -0.254. The molecule has 0 saturated carbocycles. The number of carbonyl (C=O) groups is 2. The smallest absolute Gasteiger partial charge is 0.276 e. The minimum absolute atomic E-state index is 0.0537. The molecule has 30 heavy (non-hydrogen) atoms. The first-order valence-electron chi connectivity index (χ1n) is 9.69. The van der Waals surface area contributed by atoms with Gasteiger partial charge < -0.3 is 4.90 Å². The van der Waals surface area contributed by atoms with Crippen LogP contribution < -0.4 is 5.32 Å². The largest absolute Gasteiger partial charge is 0.342 e. The van der Waals surface area contributed by atoms with E-state index in [-0.39, 0.29) is 30.0 Å². The Bertz CT molecular complexity index is 1040. The zero-order valence-electron chi connectivity index (χ0n) is 16.4. The molecular weight excluding hydrogens is 423 g/mol. The number of thiazole rings is 2. The van der Waals surface area contributed by atoms with Gasteiger partial charge in [0.05, 0.1) is 11.4 Å². The minimum Gasteiger partial charge on any atom is -0.342 e. The number of aromatic nitrogens is 2. The van der Waals surface area contributed by atoms with Gasteiger partial charge in [0.1, 0.15) is 11.5 Å². The summed E-state index contributed by atoms with van der Waals surface area (Å²) in [6, 6.07) is 6.05. The SMILES string of the molecule is Cc1cnc(NC(=O)c2csc(C3CCN(C(=O)Cc4ccc(F)cc4)CC3)n2)s1. The van der Waals surface area contributed by atoms with Gasteiger partial charge in [-0.3, -0.25) is 14.9 Å². The van der Waals surface area contributed by atoms with Crippen LogP contribution in [-0.4, -0.2) is 39.8 Å². The Kier molecular flexibility index (Phi) is 6.19. The second-order valence-electron chi connectivity index (χ2n) is 7.26. The van der Waals surface area contributed by atoms with Crippen LogP contribution in [0.5, 0.6) is 0 Å². The highest BCUT2D eigenvalue weighted by Gasteiger charge is 2.26. The summed E-state index contributed by atoms with van der Waals surface area (Å²) in [6.07, 6.45) is 3.63. The lowest BCUT2D eigenvalue weighted by molar-refractivity contribution is -0.131. The maximum Gasteiger partial charge on any atom is 0.276 e. The van der Waals surface area contributed by atoms with Crippen molar-refractivity contribution in [1.82, 2.24) is 14.9 Å². The summed E-state index contributed by atoms with van der Waals surface area (Å²) in [6.45, 7) is 3.25. The molecule has 0 unspecified atom stereocenters. The van der Waals surface area contributed by atoms with Crippen LogP contribution in [0.4, 0.5) is 9.52 Å². The number of amides is 2. The van der Waals surface area contributed by atoms with E-state index in [0.29, 0.717) is 23.9 Å². The molecule has 0 radical (unpaired) electrons. The van der Waals surface area contributed by atoms with Crippen LogP contribution in [0, 0.1) is 12.7 Å². The van der Waals surface area contributed by atoms with E-state index in [0.717, 1.165) is 28.3 Å². The van der Waals surface area contributed by atoms with Crippen molar-refractivity contribution in [2.75, 3.05) is 18.4 Å². The zero-order valence-corrected chi connectivity index (χ0v) is 18.1. The molecule has 4 rings (SSSR count). The van der Waals surface area contributed by atoms with Crippen molar-refractivity contribution in [3.05, 3.63) is 62.8 Å². The predicted molar refractivity (Wildman–Crippen MR) is 116 cm³/mol. The minimum atomic E-state index is -0.301. The molecule has 1 aromatic carbocycles. The number of aryl methyl sites for hydroxylation is 1. The summed E-state index contributed by atoms with van der Waals surface area (Å²) in [5, 5.41) is 6.06. The first-order valence-corrected chi connectivity index (χ1v) is 11.4. The summed E-state index contributed by atoms with van der Waals surface area (Å²) in [7, 11) is 0. The van der Waals surface area contributed by atoms with E-state index < -0.39 is 0 Å². The van der Waals surface area contributed by atoms with Crippen LogP contribution in [0.1, 0.15) is 44.7 Å². The second-order valence-corrected chi connectivity index (χ2v) is 9.38. The van der Waals surface area contributed by atoms with Gasteiger partial charge in [0.25, 0.3) is 5.91 Å². The molecule has 1 fully saturated rings. The number of likely N-dealkylation sites (tertiary alicyclic amines) is 1. The molecule has 0 atom stereocenters. The average Bonchev–Trinajstić information content (AvgIpc) is 3.39. The topological polar surface area (TPSA) is 75.2 Å². The lowest BCUT2D eigenvalue weighted by Crippen LogP contribution is -2.38. The van der Waals surface area contributed by atoms with Gasteiger partial charge in [-0.2, -0.15) is 0 Å². The number of hydrogen-bond acceptors (Lipinski definition) is 6. The fourth-order valence-electron chi connectivity index (χ4n) is 3.42. The van der Waals surface area contributed by atoms with Crippen LogP contribution in [-0.2, 0) is 11.2 Å². The molecule has 2 amide bonds. The van der Waals surface area contributed by atoms with E-state index in [9.17, 15) is 14.0 Å². The fourth-order valence-corrected chi connectivity index (χ4v) is 5.05. The van der Waals surface area contributed by atoms with Gasteiger partial charge >= 0.3 is 0 Å². The van der Waals surface area contributed by atoms with E-state index in [2.05, 4.69) is 15.3 Å². The number of nitrogens with one attached hydrogen (secondary N) is 1. The quantitative estimate of drug-likeness (QED) is 0.638. The van der Waals surface area contributed by atoms with Crippen molar-refractivity contribution >= 4 is 39.6 Å². The lowest BCUT2D eigenvalue weighted by Gasteiger charge is -2.31. The van der Waals surface area contributed by atoms with Gasteiger partial charge in [0.15, 0.2) is 5.13 Å². The van der Waals surface area contributed by atoms with E-state index in [1.807, 2.05) is 11.8 Å². The number of benzene rings is 1. The maximum atomic E-state index is 13.0. The van der Waals surface area contributed by atoms with Crippen molar-refractivity contribution < 1.29 is 14.0 Å². The first kappa shape index (κ1) is 20.6. The molecule has 9 heteroatoms. The predicted octanol–water partition coefficient (Wildman–Crippen LogP) is 4.25. The van der Waals surface area contributed by atoms with Crippen LogP contribution in [0.2, 0.25) is 0 Å². The fraction of sp³-hybridized carbons (Fsp3) is 0.333. The van der Waals surface area contributed by atoms with Gasteiger partial charge in [-0.1, -0.05) is 12.1 Å². The number of halogens is 1. The number of nitrogens with zero attached hydrogens (tertiary/aromatic N) is 3. The molecule has 6 nitrogen and oxygen atoms in total. The molecule has 3 heterocycles. The third kappa shape index (κ3) is 4.91. The second kappa shape index (κ2) is 9.01. The Labute approximate surface area is 181 Å². The van der Waals surface area contributed by atoms with Crippen molar-refractivity contribution in [3.63, 3.8) is 0 Å². The van der Waals surface area contributed by atoms with E-state index in [1.54, 1.807) is 23.7 Å². The van der Waals surface area contributed by atoms with E-state index in [1.165, 1.54) is 34.8 Å². The Morgan fingerprint density at radius 1 is 1.23 bits per heavy atom. The van der Waals surface area contributed by atoms with Gasteiger partial charge in [-0.05, 0) is 37.5 Å². The lowest BCUT2D eigenvalue weighted by atomic mass is 9.97. The molecule has 0 aliphatic carbocycles. The van der Waals surface area contributed by atoms with Crippen LogP contribution in [0.25, 0.3) is 0 Å². The highest BCUT2D eigenvalue weighted by Crippen LogP contribution is 2.31. The van der Waals surface area contributed by atoms with Crippen molar-refractivity contribution in [1.29, 1.82) is 0 Å². The Hall–Kier alpha value is -2.65. The van der Waals surface area contributed by atoms with Crippen molar-refractivity contribution in [2.45, 2.75) is 32.1 Å².